The van der Waals surface area contributed by atoms with Gasteiger partial charge in [-0.3, -0.25) is 4.90 Å². The summed E-state index contributed by atoms with van der Waals surface area (Å²) in [6.07, 6.45) is 4.41. The van der Waals surface area contributed by atoms with Crippen LogP contribution in [0.3, 0.4) is 0 Å². The van der Waals surface area contributed by atoms with Crippen molar-refractivity contribution in [2.75, 3.05) is 31.6 Å². The molecule has 1 saturated heterocycles. The summed E-state index contributed by atoms with van der Waals surface area (Å²) >= 11 is 0. The van der Waals surface area contributed by atoms with Gasteiger partial charge in [0, 0.05) is 31.4 Å². The van der Waals surface area contributed by atoms with Crippen molar-refractivity contribution >= 4 is 5.69 Å². The van der Waals surface area contributed by atoms with E-state index in [1.54, 1.807) is 0 Å². The molecule has 0 spiro atoms. The van der Waals surface area contributed by atoms with Crippen LogP contribution in [0.15, 0.2) is 30.3 Å². The van der Waals surface area contributed by atoms with E-state index >= 15 is 0 Å². The molecular weight excluding hydrogens is 224 g/mol. The van der Waals surface area contributed by atoms with E-state index < -0.39 is 0 Å². The number of morpholine rings is 1. The summed E-state index contributed by atoms with van der Waals surface area (Å²) < 4.78 is 5.83. The number of hydrogen-bond acceptors (Lipinski definition) is 3. The zero-order chi connectivity index (χ0) is 12.2. The van der Waals surface area contributed by atoms with Gasteiger partial charge in [-0.1, -0.05) is 18.2 Å². The minimum absolute atomic E-state index is 0.510. The van der Waals surface area contributed by atoms with Gasteiger partial charge in [-0.05, 0) is 31.4 Å². The molecule has 2 atom stereocenters. The fraction of sp³-hybridized carbons (Fsp3) is 0.600. The number of anilines is 1. The van der Waals surface area contributed by atoms with Crippen molar-refractivity contribution in [1.29, 1.82) is 0 Å². The smallest absolute Gasteiger partial charge is 0.0730 e. The van der Waals surface area contributed by atoms with E-state index in [1.807, 2.05) is 0 Å². The summed E-state index contributed by atoms with van der Waals surface area (Å²) in [5, 5.41) is 3.49. The van der Waals surface area contributed by atoms with Crippen LogP contribution in [0.5, 0.6) is 0 Å². The number of ether oxygens (including phenoxy) is 1. The quantitative estimate of drug-likeness (QED) is 0.882. The predicted octanol–water partition coefficient (Wildman–Crippen LogP) is 2.35. The topological polar surface area (TPSA) is 24.5 Å². The van der Waals surface area contributed by atoms with Crippen LogP contribution in [0.2, 0.25) is 0 Å². The molecule has 2 aliphatic rings. The Labute approximate surface area is 109 Å². The minimum atomic E-state index is 0.510. The molecule has 18 heavy (non-hydrogen) atoms. The van der Waals surface area contributed by atoms with Crippen molar-refractivity contribution in [3.8, 4) is 0 Å². The molecule has 1 heterocycles. The highest BCUT2D eigenvalue weighted by Crippen LogP contribution is 2.29. The fourth-order valence-electron chi connectivity index (χ4n) is 3.18. The number of para-hydroxylation sites is 1. The van der Waals surface area contributed by atoms with Crippen molar-refractivity contribution in [1.82, 2.24) is 4.90 Å². The van der Waals surface area contributed by atoms with Crippen molar-refractivity contribution in [3.05, 3.63) is 30.3 Å². The van der Waals surface area contributed by atoms with Gasteiger partial charge < -0.3 is 10.1 Å². The van der Waals surface area contributed by atoms with Gasteiger partial charge in [-0.15, -0.1) is 0 Å². The lowest BCUT2D eigenvalue weighted by Crippen LogP contribution is -2.49. The summed E-state index contributed by atoms with van der Waals surface area (Å²) in [6, 6.07) is 11.1. The van der Waals surface area contributed by atoms with Gasteiger partial charge in [0.2, 0.25) is 0 Å². The SMILES string of the molecule is c1ccc(NCCN2CCOC3CCCC32)cc1. The van der Waals surface area contributed by atoms with Gasteiger partial charge in [-0.25, -0.2) is 0 Å². The van der Waals surface area contributed by atoms with Crippen LogP contribution in [-0.4, -0.2) is 43.3 Å². The molecule has 1 aromatic carbocycles. The molecule has 1 aliphatic heterocycles. The average Bonchev–Trinajstić information content (AvgIpc) is 2.89. The number of hydrogen-bond donors (Lipinski definition) is 1. The third-order valence-electron chi connectivity index (χ3n) is 4.10. The van der Waals surface area contributed by atoms with Gasteiger partial charge >= 0.3 is 0 Å². The molecule has 3 rings (SSSR count). The lowest BCUT2D eigenvalue weighted by atomic mass is 10.1. The van der Waals surface area contributed by atoms with Gasteiger partial charge in [0.15, 0.2) is 0 Å². The molecule has 98 valence electrons. The lowest BCUT2D eigenvalue weighted by molar-refractivity contribution is -0.0539. The minimum Gasteiger partial charge on any atom is -0.384 e. The van der Waals surface area contributed by atoms with Crippen LogP contribution < -0.4 is 5.32 Å². The van der Waals surface area contributed by atoms with E-state index in [-0.39, 0.29) is 0 Å². The first-order chi connectivity index (χ1) is 8.93. The number of fused-ring (bicyclic) bond motifs is 1. The van der Waals surface area contributed by atoms with Crippen LogP contribution >= 0.6 is 0 Å². The Bertz CT molecular complexity index is 368. The van der Waals surface area contributed by atoms with E-state index in [9.17, 15) is 0 Å². The second kappa shape index (κ2) is 5.72. The highest BCUT2D eigenvalue weighted by Gasteiger charge is 2.35. The van der Waals surface area contributed by atoms with E-state index in [1.165, 1.54) is 24.9 Å². The van der Waals surface area contributed by atoms with Crippen molar-refractivity contribution in [2.45, 2.75) is 31.4 Å². The Morgan fingerprint density at radius 1 is 1.22 bits per heavy atom. The van der Waals surface area contributed by atoms with E-state index in [4.69, 9.17) is 4.74 Å². The van der Waals surface area contributed by atoms with Crippen LogP contribution in [0.1, 0.15) is 19.3 Å². The lowest BCUT2D eigenvalue weighted by Gasteiger charge is -2.37. The Morgan fingerprint density at radius 2 is 2.11 bits per heavy atom. The average molecular weight is 246 g/mol. The molecule has 3 nitrogen and oxygen atoms in total. The third-order valence-corrected chi connectivity index (χ3v) is 4.10. The highest BCUT2D eigenvalue weighted by atomic mass is 16.5. The largest absolute Gasteiger partial charge is 0.384 e. The Morgan fingerprint density at radius 3 is 3.00 bits per heavy atom. The molecule has 3 heteroatoms. The molecule has 0 amide bonds. The molecule has 0 radical (unpaired) electrons. The van der Waals surface area contributed by atoms with E-state index in [0.717, 1.165) is 26.2 Å². The number of nitrogens with zero attached hydrogens (tertiary/aromatic N) is 1. The van der Waals surface area contributed by atoms with E-state index in [2.05, 4.69) is 40.5 Å². The van der Waals surface area contributed by atoms with Gasteiger partial charge in [0.05, 0.1) is 12.7 Å². The number of nitrogens with one attached hydrogen (secondary N) is 1. The molecular formula is C15H22N2O. The maximum Gasteiger partial charge on any atom is 0.0730 e. The first-order valence-corrected chi connectivity index (χ1v) is 7.08. The second-order valence-electron chi connectivity index (χ2n) is 5.24. The fourth-order valence-corrected chi connectivity index (χ4v) is 3.18. The van der Waals surface area contributed by atoms with Gasteiger partial charge in [0.1, 0.15) is 0 Å². The van der Waals surface area contributed by atoms with Crippen molar-refractivity contribution in [3.63, 3.8) is 0 Å². The molecule has 1 N–H and O–H groups in total. The Balaban J connectivity index is 1.48. The van der Waals surface area contributed by atoms with Crippen LogP contribution in [0, 0.1) is 0 Å². The standard InChI is InChI=1S/C15H22N2O/c1-2-5-13(6-3-1)16-9-10-17-11-12-18-15-8-4-7-14(15)17/h1-3,5-6,14-16H,4,7-12H2. The normalized spacial score (nSPS) is 28.0. The Kier molecular flexibility index (Phi) is 3.81. The van der Waals surface area contributed by atoms with Gasteiger partial charge in [0.25, 0.3) is 0 Å². The first kappa shape index (κ1) is 12.0. The first-order valence-electron chi connectivity index (χ1n) is 7.08. The maximum absolute atomic E-state index is 5.83. The summed E-state index contributed by atoms with van der Waals surface area (Å²) in [7, 11) is 0. The number of benzene rings is 1. The van der Waals surface area contributed by atoms with Crippen LogP contribution in [0.25, 0.3) is 0 Å². The molecule has 1 aromatic rings. The maximum atomic E-state index is 5.83. The molecule has 1 saturated carbocycles. The summed E-state index contributed by atoms with van der Waals surface area (Å²) in [5.74, 6) is 0. The highest BCUT2D eigenvalue weighted by molar-refractivity contribution is 5.42. The number of rotatable bonds is 4. The van der Waals surface area contributed by atoms with Crippen molar-refractivity contribution < 1.29 is 4.74 Å². The summed E-state index contributed by atoms with van der Waals surface area (Å²) in [5.41, 5.74) is 1.22. The monoisotopic (exact) mass is 246 g/mol. The zero-order valence-electron chi connectivity index (χ0n) is 10.8. The summed E-state index contributed by atoms with van der Waals surface area (Å²) in [4.78, 5) is 2.61. The molecule has 0 aromatic heterocycles. The molecule has 2 unspecified atom stereocenters. The molecule has 1 aliphatic carbocycles. The molecule has 0 bridgehead atoms. The second-order valence-corrected chi connectivity index (χ2v) is 5.24. The van der Waals surface area contributed by atoms with E-state index in [0.29, 0.717) is 12.1 Å². The Hall–Kier alpha value is -1.06. The van der Waals surface area contributed by atoms with Crippen LogP contribution in [0.4, 0.5) is 5.69 Å². The van der Waals surface area contributed by atoms with Crippen LogP contribution in [-0.2, 0) is 4.74 Å². The van der Waals surface area contributed by atoms with Gasteiger partial charge in [-0.2, -0.15) is 0 Å². The molecule has 2 fully saturated rings. The summed E-state index contributed by atoms with van der Waals surface area (Å²) in [6.45, 7) is 4.15. The third kappa shape index (κ3) is 2.68. The zero-order valence-corrected chi connectivity index (χ0v) is 10.8. The van der Waals surface area contributed by atoms with Crippen molar-refractivity contribution in [2.24, 2.45) is 0 Å². The predicted molar refractivity (Wildman–Crippen MR) is 73.9 cm³/mol.